The molecule has 32 heavy (non-hydrogen) atoms. The van der Waals surface area contributed by atoms with E-state index in [-0.39, 0.29) is 4.88 Å². The Labute approximate surface area is 197 Å². The van der Waals surface area contributed by atoms with Gasteiger partial charge >= 0.3 is 5.97 Å². The van der Waals surface area contributed by atoms with Gasteiger partial charge in [0.1, 0.15) is 11.5 Å². The average Bonchev–Trinajstić information content (AvgIpc) is 3.15. The summed E-state index contributed by atoms with van der Waals surface area (Å²) in [5.41, 5.74) is 2.25. The molecule has 1 N–H and O–H groups in total. The van der Waals surface area contributed by atoms with Crippen LogP contribution >= 0.6 is 23.1 Å². The van der Waals surface area contributed by atoms with Crippen molar-refractivity contribution in [2.24, 2.45) is 0 Å². The number of carboxylic acid groups (broad SMARTS) is 1. The number of carboxylic acids is 1. The third-order valence-corrected chi connectivity index (χ3v) is 8.60. The van der Waals surface area contributed by atoms with Crippen LogP contribution in [-0.4, -0.2) is 29.2 Å². The fourth-order valence-corrected chi connectivity index (χ4v) is 6.62. The maximum atomic E-state index is 11.8. The van der Waals surface area contributed by atoms with Gasteiger partial charge in [-0.2, -0.15) is 11.8 Å². The summed E-state index contributed by atoms with van der Waals surface area (Å²) in [5.74, 6) is 1.98. The Kier molecular flexibility index (Phi) is 7.63. The number of aromatic carboxylic acids is 1. The lowest BCUT2D eigenvalue weighted by Gasteiger charge is -2.20. The molecule has 1 heterocycles. The van der Waals surface area contributed by atoms with E-state index in [9.17, 15) is 9.90 Å². The Morgan fingerprint density at radius 1 is 1.16 bits per heavy atom. The summed E-state index contributed by atoms with van der Waals surface area (Å²) in [6.07, 6.45) is 9.21. The molecule has 0 saturated heterocycles. The van der Waals surface area contributed by atoms with Gasteiger partial charge in [0.25, 0.3) is 0 Å². The first-order valence-electron chi connectivity index (χ1n) is 11.3. The molecule has 0 aliphatic heterocycles. The highest BCUT2D eigenvalue weighted by atomic mass is 32.2. The van der Waals surface area contributed by atoms with Crippen LogP contribution in [0.4, 0.5) is 0 Å². The predicted octanol–water partition coefficient (Wildman–Crippen LogP) is 7.71. The number of methoxy groups -OCH3 is 1. The van der Waals surface area contributed by atoms with E-state index in [4.69, 9.17) is 9.47 Å². The monoisotopic (exact) mass is 470 g/mol. The number of hydrogen-bond acceptors (Lipinski definition) is 5. The molecule has 1 fully saturated rings. The molecule has 0 radical (unpaired) electrons. The van der Waals surface area contributed by atoms with Crippen LogP contribution in [0.2, 0.25) is 0 Å². The van der Waals surface area contributed by atoms with Gasteiger partial charge in [-0.15, -0.1) is 11.3 Å². The van der Waals surface area contributed by atoms with E-state index in [0.717, 1.165) is 33.1 Å². The van der Waals surface area contributed by atoms with Crippen molar-refractivity contribution in [3.8, 4) is 17.2 Å². The average molecular weight is 471 g/mol. The Balaban J connectivity index is 1.42. The summed E-state index contributed by atoms with van der Waals surface area (Å²) in [7, 11) is 1.62. The lowest BCUT2D eigenvalue weighted by Crippen LogP contribution is -2.08. The Bertz CT molecular complexity index is 1070. The summed E-state index contributed by atoms with van der Waals surface area (Å²) in [6.45, 7) is 1.95. The van der Waals surface area contributed by atoms with Crippen molar-refractivity contribution < 1.29 is 19.4 Å². The van der Waals surface area contributed by atoms with E-state index in [1.165, 1.54) is 61.2 Å². The molecule has 3 aromatic rings. The summed E-state index contributed by atoms with van der Waals surface area (Å²) in [4.78, 5) is 12.0. The lowest BCUT2D eigenvalue weighted by molar-refractivity contribution is 0.0700. The van der Waals surface area contributed by atoms with E-state index in [1.54, 1.807) is 7.11 Å². The van der Waals surface area contributed by atoms with Crippen molar-refractivity contribution in [1.29, 1.82) is 0 Å². The molecule has 170 valence electrons. The molecule has 0 unspecified atom stereocenters. The van der Waals surface area contributed by atoms with Gasteiger partial charge in [-0.3, -0.25) is 0 Å². The van der Waals surface area contributed by atoms with Crippen LogP contribution in [0.25, 0.3) is 10.1 Å². The number of aryl methyl sites for hydroxylation is 2. The van der Waals surface area contributed by atoms with Crippen molar-refractivity contribution in [2.75, 3.05) is 12.9 Å². The number of carbonyl (C=O) groups is 1. The highest BCUT2D eigenvalue weighted by Gasteiger charge is 2.21. The largest absolute Gasteiger partial charge is 0.496 e. The van der Waals surface area contributed by atoms with Crippen molar-refractivity contribution in [3.05, 3.63) is 52.4 Å². The first-order chi connectivity index (χ1) is 15.5. The van der Waals surface area contributed by atoms with Crippen LogP contribution in [0.1, 0.15) is 59.3 Å². The van der Waals surface area contributed by atoms with Crippen LogP contribution in [0, 0.1) is 6.92 Å². The quantitative estimate of drug-likeness (QED) is 0.325. The molecule has 4 nitrogen and oxygen atoms in total. The first kappa shape index (κ1) is 23.0. The van der Waals surface area contributed by atoms with Gasteiger partial charge in [-0.1, -0.05) is 31.4 Å². The smallest absolute Gasteiger partial charge is 0.349 e. The molecule has 1 aliphatic rings. The van der Waals surface area contributed by atoms with Crippen LogP contribution in [0.5, 0.6) is 17.2 Å². The normalized spacial score (nSPS) is 14.6. The molecule has 4 rings (SSSR count). The topological polar surface area (TPSA) is 55.8 Å². The van der Waals surface area contributed by atoms with E-state index >= 15 is 0 Å². The van der Waals surface area contributed by atoms with Crippen molar-refractivity contribution in [2.45, 2.75) is 57.1 Å². The molecular formula is C26H30O4S2. The molecule has 6 heteroatoms. The Hall–Kier alpha value is -2.18. The van der Waals surface area contributed by atoms with Gasteiger partial charge < -0.3 is 14.6 Å². The zero-order chi connectivity index (χ0) is 22.5. The van der Waals surface area contributed by atoms with Crippen molar-refractivity contribution in [3.63, 3.8) is 0 Å². The van der Waals surface area contributed by atoms with Crippen LogP contribution in [0.3, 0.4) is 0 Å². The SMILES string of the molecule is COc1cc2c(Oc3ccc(CCCSC4CCCCC4)cc3)c(C(=O)O)sc2cc1C. The summed E-state index contributed by atoms with van der Waals surface area (Å²) in [5, 5.41) is 11.3. The number of ether oxygens (including phenoxy) is 2. The number of thiophene rings is 1. The van der Waals surface area contributed by atoms with Crippen LogP contribution < -0.4 is 9.47 Å². The van der Waals surface area contributed by atoms with Gasteiger partial charge in [-0.25, -0.2) is 4.79 Å². The number of fused-ring (bicyclic) bond motifs is 1. The van der Waals surface area contributed by atoms with Gasteiger partial charge in [0.15, 0.2) is 10.6 Å². The first-order valence-corrected chi connectivity index (χ1v) is 13.1. The molecule has 1 saturated carbocycles. The zero-order valence-electron chi connectivity index (χ0n) is 18.7. The number of benzene rings is 2. The molecule has 1 aliphatic carbocycles. The van der Waals surface area contributed by atoms with E-state index in [2.05, 4.69) is 23.9 Å². The second-order valence-electron chi connectivity index (χ2n) is 8.36. The van der Waals surface area contributed by atoms with E-state index < -0.39 is 5.97 Å². The Morgan fingerprint density at radius 3 is 2.59 bits per heavy atom. The summed E-state index contributed by atoms with van der Waals surface area (Å²) in [6, 6.07) is 11.9. The molecule has 0 amide bonds. The third-order valence-electron chi connectivity index (χ3n) is 6.01. The lowest BCUT2D eigenvalue weighted by atomic mass is 10.0. The molecule has 1 aromatic heterocycles. The predicted molar refractivity (Wildman–Crippen MR) is 134 cm³/mol. The molecule has 0 spiro atoms. The fraction of sp³-hybridized carbons (Fsp3) is 0.423. The third kappa shape index (κ3) is 5.41. The number of rotatable bonds is 9. The van der Waals surface area contributed by atoms with Gasteiger partial charge in [0.05, 0.1) is 7.11 Å². The van der Waals surface area contributed by atoms with Gasteiger partial charge in [0, 0.05) is 15.3 Å². The molecular weight excluding hydrogens is 440 g/mol. The fourth-order valence-electron chi connectivity index (χ4n) is 4.26. The minimum absolute atomic E-state index is 0.205. The maximum Gasteiger partial charge on any atom is 0.349 e. The standard InChI is InChI=1S/C26H30O4S2/c1-17-15-23-21(16-22(17)29-2)24(25(32-23)26(27)28)30-19-12-10-18(11-13-19)7-6-14-31-20-8-4-3-5-9-20/h10-13,15-16,20H,3-9,14H2,1-2H3,(H,27,28). The minimum Gasteiger partial charge on any atom is -0.496 e. The molecule has 0 bridgehead atoms. The Morgan fingerprint density at radius 2 is 1.91 bits per heavy atom. The molecule has 0 atom stereocenters. The van der Waals surface area contributed by atoms with Gasteiger partial charge in [-0.05, 0) is 73.8 Å². The van der Waals surface area contributed by atoms with E-state index in [0.29, 0.717) is 11.5 Å². The van der Waals surface area contributed by atoms with Crippen LogP contribution in [-0.2, 0) is 6.42 Å². The van der Waals surface area contributed by atoms with Gasteiger partial charge in [0.2, 0.25) is 0 Å². The second kappa shape index (κ2) is 10.6. The van der Waals surface area contributed by atoms with Crippen molar-refractivity contribution in [1.82, 2.24) is 0 Å². The summed E-state index contributed by atoms with van der Waals surface area (Å²) < 4.78 is 12.4. The highest BCUT2D eigenvalue weighted by Crippen LogP contribution is 2.43. The highest BCUT2D eigenvalue weighted by molar-refractivity contribution is 7.99. The van der Waals surface area contributed by atoms with Crippen molar-refractivity contribution >= 4 is 39.2 Å². The number of hydrogen-bond donors (Lipinski definition) is 1. The molecule has 2 aromatic carbocycles. The van der Waals surface area contributed by atoms with E-state index in [1.807, 2.05) is 31.2 Å². The zero-order valence-corrected chi connectivity index (χ0v) is 20.3. The number of thioether (sulfide) groups is 1. The second-order valence-corrected chi connectivity index (χ2v) is 10.8. The maximum absolute atomic E-state index is 11.8. The minimum atomic E-state index is -0.982. The van der Waals surface area contributed by atoms with Crippen LogP contribution in [0.15, 0.2) is 36.4 Å². The summed E-state index contributed by atoms with van der Waals surface area (Å²) >= 11 is 3.37.